The molecule has 18 heavy (non-hydrogen) atoms. The second kappa shape index (κ2) is 5.57. The molecule has 2 N–H and O–H groups in total. The predicted octanol–water partition coefficient (Wildman–Crippen LogP) is 2.14. The third kappa shape index (κ3) is 3.35. The van der Waals surface area contributed by atoms with Crippen LogP contribution in [-0.4, -0.2) is 22.9 Å². The van der Waals surface area contributed by atoms with E-state index >= 15 is 0 Å². The molecule has 4 nitrogen and oxygen atoms in total. The first-order valence-electron chi connectivity index (χ1n) is 6.66. The molecule has 1 heterocycles. The summed E-state index contributed by atoms with van der Waals surface area (Å²) in [6.07, 6.45) is 4.54. The first-order chi connectivity index (χ1) is 8.58. The van der Waals surface area contributed by atoms with E-state index in [0.717, 1.165) is 25.0 Å². The molecule has 0 saturated heterocycles. The van der Waals surface area contributed by atoms with E-state index in [2.05, 4.69) is 13.8 Å². The number of furan rings is 1. The van der Waals surface area contributed by atoms with Gasteiger partial charge in [-0.1, -0.05) is 13.8 Å². The number of nitrogens with zero attached hydrogens (tertiary/aromatic N) is 1. The van der Waals surface area contributed by atoms with Crippen molar-refractivity contribution in [1.29, 1.82) is 0 Å². The molecule has 0 radical (unpaired) electrons. The lowest BCUT2D eigenvalue weighted by molar-refractivity contribution is -0.134. The van der Waals surface area contributed by atoms with E-state index in [4.69, 9.17) is 10.2 Å². The lowest BCUT2D eigenvalue weighted by Gasteiger charge is -2.25. The van der Waals surface area contributed by atoms with E-state index in [0.29, 0.717) is 18.5 Å². The van der Waals surface area contributed by atoms with Gasteiger partial charge >= 0.3 is 0 Å². The Labute approximate surface area is 108 Å². The number of amides is 1. The van der Waals surface area contributed by atoms with Crippen LogP contribution in [0.25, 0.3) is 0 Å². The third-order valence-electron chi connectivity index (χ3n) is 3.22. The minimum atomic E-state index is -0.388. The highest BCUT2D eigenvalue weighted by Crippen LogP contribution is 2.29. The van der Waals surface area contributed by atoms with Gasteiger partial charge in [0.2, 0.25) is 5.91 Å². The molecule has 1 aliphatic carbocycles. The Hall–Kier alpha value is -1.29. The normalized spacial score (nSPS) is 16.9. The maximum absolute atomic E-state index is 12.3. The van der Waals surface area contributed by atoms with Gasteiger partial charge in [-0.3, -0.25) is 4.79 Å². The van der Waals surface area contributed by atoms with Crippen molar-refractivity contribution in [2.75, 3.05) is 0 Å². The summed E-state index contributed by atoms with van der Waals surface area (Å²) in [5.41, 5.74) is 5.99. The SMILES string of the molecule is CC(C)CC(N)C(=O)N(Cc1ccco1)C1CC1. The number of rotatable bonds is 6. The Kier molecular flexibility index (Phi) is 4.07. The topological polar surface area (TPSA) is 59.5 Å². The van der Waals surface area contributed by atoms with Crippen LogP contribution in [0.5, 0.6) is 0 Å². The van der Waals surface area contributed by atoms with Crippen molar-refractivity contribution in [3.63, 3.8) is 0 Å². The second-order valence-electron chi connectivity index (χ2n) is 5.51. The van der Waals surface area contributed by atoms with Crippen LogP contribution >= 0.6 is 0 Å². The highest BCUT2D eigenvalue weighted by molar-refractivity contribution is 5.82. The van der Waals surface area contributed by atoms with Crippen molar-refractivity contribution in [1.82, 2.24) is 4.90 Å². The zero-order chi connectivity index (χ0) is 13.1. The summed E-state index contributed by atoms with van der Waals surface area (Å²) < 4.78 is 5.32. The molecule has 1 aliphatic rings. The molecule has 1 fully saturated rings. The maximum Gasteiger partial charge on any atom is 0.240 e. The monoisotopic (exact) mass is 250 g/mol. The van der Waals surface area contributed by atoms with Crippen LogP contribution in [-0.2, 0) is 11.3 Å². The molecule has 1 aromatic heterocycles. The summed E-state index contributed by atoms with van der Waals surface area (Å²) >= 11 is 0. The smallest absolute Gasteiger partial charge is 0.240 e. The average molecular weight is 250 g/mol. The first-order valence-corrected chi connectivity index (χ1v) is 6.66. The predicted molar refractivity (Wildman–Crippen MR) is 69.7 cm³/mol. The minimum Gasteiger partial charge on any atom is -0.467 e. The quantitative estimate of drug-likeness (QED) is 0.841. The highest BCUT2D eigenvalue weighted by atomic mass is 16.3. The Morgan fingerprint density at radius 2 is 2.28 bits per heavy atom. The van der Waals surface area contributed by atoms with Gasteiger partial charge in [0.1, 0.15) is 5.76 Å². The van der Waals surface area contributed by atoms with Gasteiger partial charge in [0.15, 0.2) is 0 Å². The van der Waals surface area contributed by atoms with Crippen molar-refractivity contribution in [3.05, 3.63) is 24.2 Å². The van der Waals surface area contributed by atoms with Crippen LogP contribution in [0.1, 0.15) is 38.9 Å². The van der Waals surface area contributed by atoms with Gasteiger partial charge in [-0.25, -0.2) is 0 Å². The van der Waals surface area contributed by atoms with Crippen molar-refractivity contribution in [2.45, 2.75) is 51.7 Å². The second-order valence-corrected chi connectivity index (χ2v) is 5.51. The van der Waals surface area contributed by atoms with Crippen molar-refractivity contribution >= 4 is 5.91 Å². The van der Waals surface area contributed by atoms with Gasteiger partial charge in [0.25, 0.3) is 0 Å². The van der Waals surface area contributed by atoms with E-state index in [1.165, 1.54) is 0 Å². The van der Waals surface area contributed by atoms with Crippen LogP contribution < -0.4 is 5.73 Å². The van der Waals surface area contributed by atoms with Crippen molar-refractivity contribution in [3.8, 4) is 0 Å². The lowest BCUT2D eigenvalue weighted by Crippen LogP contribution is -2.45. The molecule has 100 valence electrons. The maximum atomic E-state index is 12.3. The fourth-order valence-electron chi connectivity index (χ4n) is 2.17. The number of carbonyl (C=O) groups is 1. The van der Waals surface area contributed by atoms with E-state index in [-0.39, 0.29) is 11.9 Å². The molecular formula is C14H22N2O2. The van der Waals surface area contributed by atoms with Gasteiger partial charge in [-0.2, -0.15) is 0 Å². The van der Waals surface area contributed by atoms with Gasteiger partial charge in [0, 0.05) is 6.04 Å². The Morgan fingerprint density at radius 1 is 1.56 bits per heavy atom. The summed E-state index contributed by atoms with van der Waals surface area (Å²) in [6, 6.07) is 3.72. The molecule has 0 spiro atoms. The number of carbonyl (C=O) groups excluding carboxylic acids is 1. The lowest BCUT2D eigenvalue weighted by atomic mass is 10.0. The summed E-state index contributed by atoms with van der Waals surface area (Å²) in [5, 5.41) is 0. The zero-order valence-electron chi connectivity index (χ0n) is 11.1. The first kappa shape index (κ1) is 13.1. The number of hydrogen-bond donors (Lipinski definition) is 1. The minimum absolute atomic E-state index is 0.0580. The molecule has 1 aromatic rings. The summed E-state index contributed by atoms with van der Waals surface area (Å²) in [4.78, 5) is 14.2. The summed E-state index contributed by atoms with van der Waals surface area (Å²) in [6.45, 7) is 4.71. The van der Waals surface area contributed by atoms with Gasteiger partial charge in [-0.15, -0.1) is 0 Å². The fourth-order valence-corrected chi connectivity index (χ4v) is 2.17. The molecule has 1 amide bonds. The van der Waals surface area contributed by atoms with E-state index in [1.54, 1.807) is 6.26 Å². The van der Waals surface area contributed by atoms with E-state index < -0.39 is 0 Å². The molecule has 1 saturated carbocycles. The highest BCUT2D eigenvalue weighted by Gasteiger charge is 2.35. The van der Waals surface area contributed by atoms with Gasteiger partial charge < -0.3 is 15.1 Å². The molecule has 0 aromatic carbocycles. The molecular weight excluding hydrogens is 228 g/mol. The number of hydrogen-bond acceptors (Lipinski definition) is 3. The van der Waals surface area contributed by atoms with E-state index in [1.807, 2.05) is 17.0 Å². The molecule has 1 atom stereocenters. The molecule has 0 bridgehead atoms. The average Bonchev–Trinajstić information content (AvgIpc) is 3.02. The van der Waals surface area contributed by atoms with Crippen LogP contribution in [0.2, 0.25) is 0 Å². The number of nitrogens with two attached hydrogens (primary N) is 1. The standard InChI is InChI=1S/C14H22N2O2/c1-10(2)8-13(15)14(17)16(11-5-6-11)9-12-4-3-7-18-12/h3-4,7,10-11,13H,5-6,8-9,15H2,1-2H3. The Morgan fingerprint density at radius 3 is 2.78 bits per heavy atom. The molecule has 0 aliphatic heterocycles. The van der Waals surface area contributed by atoms with Crippen molar-refractivity contribution in [2.24, 2.45) is 11.7 Å². The third-order valence-corrected chi connectivity index (χ3v) is 3.22. The van der Waals surface area contributed by atoms with Crippen LogP contribution in [0, 0.1) is 5.92 Å². The van der Waals surface area contributed by atoms with Gasteiger partial charge in [0.05, 0.1) is 18.8 Å². The molecule has 4 heteroatoms. The summed E-state index contributed by atoms with van der Waals surface area (Å²) in [5.74, 6) is 1.32. The van der Waals surface area contributed by atoms with E-state index in [9.17, 15) is 4.79 Å². The van der Waals surface area contributed by atoms with Crippen molar-refractivity contribution < 1.29 is 9.21 Å². The van der Waals surface area contributed by atoms with Gasteiger partial charge in [-0.05, 0) is 37.3 Å². The molecule has 1 unspecified atom stereocenters. The fraction of sp³-hybridized carbons (Fsp3) is 0.643. The van der Waals surface area contributed by atoms with Crippen LogP contribution in [0.4, 0.5) is 0 Å². The Balaban J connectivity index is 1.98. The Bertz CT molecular complexity index is 383. The summed E-state index contributed by atoms with van der Waals surface area (Å²) in [7, 11) is 0. The largest absolute Gasteiger partial charge is 0.467 e. The molecule has 2 rings (SSSR count). The van der Waals surface area contributed by atoms with Crippen LogP contribution in [0.3, 0.4) is 0 Å². The zero-order valence-corrected chi connectivity index (χ0v) is 11.1. The van der Waals surface area contributed by atoms with Crippen LogP contribution in [0.15, 0.2) is 22.8 Å².